The third-order valence-electron chi connectivity index (χ3n) is 1.91. The maximum atomic E-state index is 12.5. The van der Waals surface area contributed by atoms with E-state index in [1.807, 2.05) is 19.2 Å². The number of hydrogen-bond acceptors (Lipinski definition) is 1. The highest BCUT2D eigenvalue weighted by molar-refractivity contribution is 5.15. The average molecular weight is 167 g/mol. The van der Waals surface area contributed by atoms with Crippen LogP contribution < -0.4 is 0 Å². The predicted octanol–water partition coefficient (Wildman–Crippen LogP) is 2.28. The monoisotopic (exact) mass is 167 g/mol. The Morgan fingerprint density at radius 2 is 1.83 bits per heavy atom. The van der Waals surface area contributed by atoms with E-state index in [9.17, 15) is 4.39 Å². The van der Waals surface area contributed by atoms with Crippen molar-refractivity contribution >= 4 is 0 Å². The lowest BCUT2D eigenvalue weighted by Crippen LogP contribution is -2.16. The van der Waals surface area contributed by atoms with Gasteiger partial charge in [-0.05, 0) is 31.3 Å². The minimum absolute atomic E-state index is 0.169. The molecule has 0 saturated heterocycles. The van der Waals surface area contributed by atoms with Crippen molar-refractivity contribution in [1.82, 2.24) is 4.90 Å². The Bertz CT molecular complexity index is 230. The van der Waals surface area contributed by atoms with E-state index in [4.69, 9.17) is 0 Å². The Morgan fingerprint density at radius 1 is 1.25 bits per heavy atom. The van der Waals surface area contributed by atoms with Crippen LogP contribution in [-0.2, 0) is 6.54 Å². The molecule has 0 aliphatic carbocycles. The molecule has 0 amide bonds. The number of hydrogen-bond donors (Lipinski definition) is 0. The highest BCUT2D eigenvalue weighted by atomic mass is 19.1. The average Bonchev–Trinajstić information content (AvgIpc) is 2.09. The number of rotatable bonds is 3. The normalized spacial score (nSPS) is 10.7. The van der Waals surface area contributed by atoms with E-state index < -0.39 is 0 Å². The standard InChI is InChI=1S/C10H14FN/c1-3-12(2)8-9-4-6-10(11)7-5-9/h4-7H,3,8H2,1-2H3. The predicted molar refractivity (Wildman–Crippen MR) is 48.4 cm³/mol. The molecule has 1 aromatic rings. The Balaban J connectivity index is 2.58. The molecule has 0 unspecified atom stereocenters. The summed E-state index contributed by atoms with van der Waals surface area (Å²) in [7, 11) is 2.04. The highest BCUT2D eigenvalue weighted by Gasteiger charge is 1.96. The van der Waals surface area contributed by atoms with Gasteiger partial charge in [-0.3, -0.25) is 0 Å². The van der Waals surface area contributed by atoms with Gasteiger partial charge in [0.2, 0.25) is 0 Å². The first-order valence-electron chi connectivity index (χ1n) is 4.15. The van der Waals surface area contributed by atoms with Crippen molar-refractivity contribution in [2.45, 2.75) is 13.5 Å². The van der Waals surface area contributed by atoms with Crippen molar-refractivity contribution in [1.29, 1.82) is 0 Å². The summed E-state index contributed by atoms with van der Waals surface area (Å²) >= 11 is 0. The maximum Gasteiger partial charge on any atom is 0.123 e. The molecule has 12 heavy (non-hydrogen) atoms. The second-order valence-electron chi connectivity index (χ2n) is 2.96. The van der Waals surface area contributed by atoms with Crippen LogP contribution in [0.3, 0.4) is 0 Å². The summed E-state index contributed by atoms with van der Waals surface area (Å²) in [5, 5.41) is 0. The van der Waals surface area contributed by atoms with Crippen LogP contribution in [0.15, 0.2) is 24.3 Å². The van der Waals surface area contributed by atoms with Crippen LogP contribution >= 0.6 is 0 Å². The number of benzene rings is 1. The molecule has 1 aromatic carbocycles. The minimum Gasteiger partial charge on any atom is -0.302 e. The van der Waals surface area contributed by atoms with Crippen LogP contribution in [0.4, 0.5) is 4.39 Å². The van der Waals surface area contributed by atoms with Gasteiger partial charge in [-0.15, -0.1) is 0 Å². The van der Waals surface area contributed by atoms with Crippen LogP contribution in [-0.4, -0.2) is 18.5 Å². The quantitative estimate of drug-likeness (QED) is 0.667. The minimum atomic E-state index is -0.169. The fraction of sp³-hybridized carbons (Fsp3) is 0.400. The van der Waals surface area contributed by atoms with Crippen molar-refractivity contribution in [2.24, 2.45) is 0 Å². The molecule has 0 atom stereocenters. The Kier molecular flexibility index (Phi) is 3.23. The Morgan fingerprint density at radius 3 is 2.33 bits per heavy atom. The lowest BCUT2D eigenvalue weighted by Gasteiger charge is -2.13. The summed E-state index contributed by atoms with van der Waals surface area (Å²) in [6, 6.07) is 6.64. The first kappa shape index (κ1) is 9.20. The molecular formula is C10H14FN. The van der Waals surface area contributed by atoms with Gasteiger partial charge in [0.25, 0.3) is 0 Å². The molecule has 0 N–H and O–H groups in total. The Labute approximate surface area is 72.8 Å². The van der Waals surface area contributed by atoms with E-state index in [1.54, 1.807) is 0 Å². The number of halogens is 1. The SMILES string of the molecule is CCN(C)Cc1ccc(F)cc1. The first-order valence-corrected chi connectivity index (χ1v) is 4.15. The summed E-state index contributed by atoms with van der Waals surface area (Å²) in [4.78, 5) is 2.17. The van der Waals surface area contributed by atoms with E-state index in [0.29, 0.717) is 0 Å². The maximum absolute atomic E-state index is 12.5. The van der Waals surface area contributed by atoms with Crippen LogP contribution in [0.2, 0.25) is 0 Å². The fourth-order valence-electron chi connectivity index (χ4n) is 1.01. The van der Waals surface area contributed by atoms with E-state index in [-0.39, 0.29) is 5.82 Å². The van der Waals surface area contributed by atoms with Crippen LogP contribution in [0.1, 0.15) is 12.5 Å². The molecule has 1 rings (SSSR count). The molecule has 0 bridgehead atoms. The van der Waals surface area contributed by atoms with Crippen LogP contribution in [0.25, 0.3) is 0 Å². The van der Waals surface area contributed by atoms with Crippen molar-refractivity contribution in [3.63, 3.8) is 0 Å². The van der Waals surface area contributed by atoms with Gasteiger partial charge in [-0.2, -0.15) is 0 Å². The molecule has 0 radical (unpaired) electrons. The van der Waals surface area contributed by atoms with Crippen molar-refractivity contribution in [3.05, 3.63) is 35.6 Å². The van der Waals surface area contributed by atoms with Gasteiger partial charge >= 0.3 is 0 Å². The van der Waals surface area contributed by atoms with Crippen molar-refractivity contribution < 1.29 is 4.39 Å². The smallest absolute Gasteiger partial charge is 0.123 e. The lowest BCUT2D eigenvalue weighted by molar-refractivity contribution is 0.345. The summed E-state index contributed by atoms with van der Waals surface area (Å²) in [5.41, 5.74) is 1.15. The molecule has 0 aliphatic rings. The highest BCUT2D eigenvalue weighted by Crippen LogP contribution is 2.04. The summed E-state index contributed by atoms with van der Waals surface area (Å²) in [5.74, 6) is -0.169. The lowest BCUT2D eigenvalue weighted by atomic mass is 10.2. The van der Waals surface area contributed by atoms with Gasteiger partial charge < -0.3 is 4.90 Å². The van der Waals surface area contributed by atoms with E-state index >= 15 is 0 Å². The molecule has 2 heteroatoms. The second kappa shape index (κ2) is 4.21. The molecule has 0 aliphatic heterocycles. The zero-order valence-corrected chi connectivity index (χ0v) is 7.55. The molecule has 66 valence electrons. The van der Waals surface area contributed by atoms with E-state index in [2.05, 4.69) is 11.8 Å². The van der Waals surface area contributed by atoms with Crippen molar-refractivity contribution in [2.75, 3.05) is 13.6 Å². The molecule has 0 spiro atoms. The Hall–Kier alpha value is -0.890. The number of nitrogens with zero attached hydrogens (tertiary/aromatic N) is 1. The molecule has 0 saturated carbocycles. The van der Waals surface area contributed by atoms with Gasteiger partial charge in [-0.25, -0.2) is 4.39 Å². The largest absolute Gasteiger partial charge is 0.302 e. The topological polar surface area (TPSA) is 3.24 Å². The summed E-state index contributed by atoms with van der Waals surface area (Å²) < 4.78 is 12.5. The van der Waals surface area contributed by atoms with Gasteiger partial charge in [0.1, 0.15) is 5.82 Å². The van der Waals surface area contributed by atoms with Crippen LogP contribution in [0.5, 0.6) is 0 Å². The third-order valence-corrected chi connectivity index (χ3v) is 1.91. The van der Waals surface area contributed by atoms with E-state index in [0.717, 1.165) is 18.7 Å². The zero-order chi connectivity index (χ0) is 8.97. The summed E-state index contributed by atoms with van der Waals surface area (Å²) in [6.45, 7) is 4.00. The van der Waals surface area contributed by atoms with E-state index in [1.165, 1.54) is 12.1 Å². The molecule has 0 aromatic heterocycles. The van der Waals surface area contributed by atoms with Crippen LogP contribution in [0, 0.1) is 5.82 Å². The van der Waals surface area contributed by atoms with Gasteiger partial charge in [0, 0.05) is 6.54 Å². The van der Waals surface area contributed by atoms with Gasteiger partial charge in [-0.1, -0.05) is 19.1 Å². The molecule has 1 nitrogen and oxygen atoms in total. The molecular weight excluding hydrogens is 153 g/mol. The second-order valence-corrected chi connectivity index (χ2v) is 2.96. The van der Waals surface area contributed by atoms with Gasteiger partial charge in [0.15, 0.2) is 0 Å². The molecule has 0 heterocycles. The molecule has 0 fully saturated rings. The summed E-state index contributed by atoms with van der Waals surface area (Å²) in [6.07, 6.45) is 0. The first-order chi connectivity index (χ1) is 5.72. The zero-order valence-electron chi connectivity index (χ0n) is 7.55. The van der Waals surface area contributed by atoms with Crippen molar-refractivity contribution in [3.8, 4) is 0 Å². The van der Waals surface area contributed by atoms with Gasteiger partial charge in [0.05, 0.1) is 0 Å². The fourth-order valence-corrected chi connectivity index (χ4v) is 1.01. The third kappa shape index (κ3) is 2.62.